The molecule has 0 radical (unpaired) electrons. The zero-order chi connectivity index (χ0) is 15.3. The molecular formula is C12H28ClNO4. The molecule has 0 rings (SSSR count). The first-order valence-electron chi connectivity index (χ1n) is 6.27. The summed E-state index contributed by atoms with van der Waals surface area (Å²) in [5, 5.41) is 0. The van der Waals surface area contributed by atoms with Gasteiger partial charge in [-0.3, -0.25) is 0 Å². The van der Waals surface area contributed by atoms with E-state index in [1.807, 2.05) is 0 Å². The Bertz CT molecular complexity index is 181. The van der Waals surface area contributed by atoms with Gasteiger partial charge < -0.3 is 4.48 Å². The van der Waals surface area contributed by atoms with Gasteiger partial charge in [0, 0.05) is 0 Å². The van der Waals surface area contributed by atoms with Crippen LogP contribution in [0.2, 0.25) is 0 Å². The maximum atomic E-state index is 8.49. The van der Waals surface area contributed by atoms with Crippen LogP contribution in [0.3, 0.4) is 0 Å². The Morgan fingerprint density at radius 2 is 0.667 bits per heavy atom. The maximum absolute atomic E-state index is 8.49. The van der Waals surface area contributed by atoms with E-state index in [0.29, 0.717) is 24.2 Å². The number of rotatable bonds is 4. The normalized spacial score (nSPS) is 13.3. The summed E-state index contributed by atoms with van der Waals surface area (Å²) in [5.74, 6) is 0. The summed E-state index contributed by atoms with van der Waals surface area (Å²) in [7, 11) is -4.94. The second-order valence-electron chi connectivity index (χ2n) is 5.65. The second-order valence-corrected chi connectivity index (χ2v) is 6.40. The van der Waals surface area contributed by atoms with Gasteiger partial charge in [-0.15, -0.1) is 10.2 Å². The van der Waals surface area contributed by atoms with E-state index in [-0.39, 0.29) is 0 Å². The van der Waals surface area contributed by atoms with Gasteiger partial charge in [0.05, 0.1) is 24.2 Å². The zero-order valence-electron chi connectivity index (χ0n) is 12.8. The van der Waals surface area contributed by atoms with Crippen molar-refractivity contribution in [3.8, 4) is 0 Å². The monoisotopic (exact) mass is 285 g/mol. The number of nitrogens with zero attached hydrogens (tertiary/aromatic N) is 1. The summed E-state index contributed by atoms with van der Waals surface area (Å²) in [5.41, 5.74) is 0. The van der Waals surface area contributed by atoms with Gasteiger partial charge in [-0.05, 0) is 55.4 Å². The summed E-state index contributed by atoms with van der Waals surface area (Å²) in [6, 6.07) is 2.83. The van der Waals surface area contributed by atoms with Gasteiger partial charge in [-0.1, -0.05) is 0 Å². The first-order valence-corrected chi connectivity index (χ1v) is 7.50. The van der Waals surface area contributed by atoms with Crippen molar-refractivity contribution in [2.24, 2.45) is 0 Å². The summed E-state index contributed by atoms with van der Waals surface area (Å²) in [6.45, 7) is 18.8. The SMILES string of the molecule is CC(C)[N+](C(C)C)(C(C)C)C(C)C.[O-][Cl+3]([O-])([O-])[O-]. The Labute approximate surface area is 113 Å². The largest absolute Gasteiger partial charge is 0.316 e. The molecule has 0 aliphatic rings. The summed E-state index contributed by atoms with van der Waals surface area (Å²) < 4.78 is 35.2. The van der Waals surface area contributed by atoms with Gasteiger partial charge in [0.25, 0.3) is 0 Å². The average Bonchev–Trinajstić information content (AvgIpc) is 1.96. The van der Waals surface area contributed by atoms with E-state index >= 15 is 0 Å². The number of hydrogen-bond donors (Lipinski definition) is 0. The highest BCUT2D eigenvalue weighted by Gasteiger charge is 2.40. The molecule has 0 unspecified atom stereocenters. The standard InChI is InChI=1S/C12H28N.ClHO4/c1-9(2)13(10(3)4,11(5)6)12(7)8;2-1(3,4)5/h9-12H,1-8H3;(H,2,3,4,5)/q+1;/p-1. The van der Waals surface area contributed by atoms with Gasteiger partial charge >= 0.3 is 0 Å². The quantitative estimate of drug-likeness (QED) is 0.599. The minimum Gasteiger partial charge on any atom is -0.316 e. The fourth-order valence-corrected chi connectivity index (χ4v) is 3.58. The molecule has 0 aromatic rings. The minimum absolute atomic E-state index is 0.708. The van der Waals surface area contributed by atoms with E-state index < -0.39 is 10.2 Å². The lowest BCUT2D eigenvalue weighted by Gasteiger charge is -2.52. The van der Waals surface area contributed by atoms with Crippen molar-refractivity contribution in [3.63, 3.8) is 0 Å². The third-order valence-corrected chi connectivity index (χ3v) is 3.58. The van der Waals surface area contributed by atoms with Crippen LogP contribution in [0.5, 0.6) is 0 Å². The molecule has 0 amide bonds. The van der Waals surface area contributed by atoms with Crippen LogP contribution in [-0.4, -0.2) is 28.7 Å². The first-order chi connectivity index (χ1) is 7.77. The van der Waals surface area contributed by atoms with E-state index in [2.05, 4.69) is 55.4 Å². The summed E-state index contributed by atoms with van der Waals surface area (Å²) >= 11 is 0. The lowest BCUT2D eigenvalue weighted by atomic mass is 10.0. The highest BCUT2D eigenvalue weighted by molar-refractivity contribution is 4.61. The van der Waals surface area contributed by atoms with Crippen LogP contribution >= 0.6 is 0 Å². The Morgan fingerprint density at radius 1 is 0.556 bits per heavy atom. The molecule has 6 heteroatoms. The predicted molar refractivity (Wildman–Crippen MR) is 60.8 cm³/mol. The van der Waals surface area contributed by atoms with Crippen LogP contribution in [-0.2, 0) is 0 Å². The predicted octanol–water partition coefficient (Wildman–Crippen LogP) is -1.32. The van der Waals surface area contributed by atoms with Gasteiger partial charge in [0.15, 0.2) is 0 Å². The van der Waals surface area contributed by atoms with Gasteiger partial charge in [0.2, 0.25) is 0 Å². The minimum atomic E-state index is -4.94. The highest BCUT2D eigenvalue weighted by atomic mass is 35.7. The zero-order valence-corrected chi connectivity index (χ0v) is 13.5. The Balaban J connectivity index is 0. The second kappa shape index (κ2) is 7.62. The first kappa shape index (κ1) is 20.4. The number of quaternary nitrogens is 1. The molecular weight excluding hydrogens is 258 g/mol. The molecule has 112 valence electrons. The highest BCUT2D eigenvalue weighted by Crippen LogP contribution is 2.28. The van der Waals surface area contributed by atoms with Crippen LogP contribution in [0, 0.1) is 10.2 Å². The van der Waals surface area contributed by atoms with Crippen LogP contribution in [0.25, 0.3) is 0 Å². The van der Waals surface area contributed by atoms with Crippen LogP contribution in [0.1, 0.15) is 55.4 Å². The number of hydrogen-bond acceptors (Lipinski definition) is 4. The van der Waals surface area contributed by atoms with Crippen molar-refractivity contribution in [1.82, 2.24) is 0 Å². The van der Waals surface area contributed by atoms with E-state index in [9.17, 15) is 0 Å². The Morgan fingerprint density at radius 3 is 0.667 bits per heavy atom. The summed E-state index contributed by atoms with van der Waals surface area (Å²) in [4.78, 5) is 0. The summed E-state index contributed by atoms with van der Waals surface area (Å²) in [6.07, 6.45) is 0. The molecule has 0 bridgehead atoms. The van der Waals surface area contributed by atoms with Gasteiger partial charge in [-0.2, -0.15) is 0 Å². The molecule has 0 heterocycles. The molecule has 0 aromatic heterocycles. The molecule has 0 aliphatic heterocycles. The third-order valence-electron chi connectivity index (χ3n) is 3.58. The van der Waals surface area contributed by atoms with Crippen molar-refractivity contribution in [2.45, 2.75) is 79.6 Å². The lowest BCUT2D eigenvalue weighted by molar-refractivity contribution is -2.00. The molecule has 0 spiro atoms. The molecule has 18 heavy (non-hydrogen) atoms. The molecule has 0 atom stereocenters. The molecule has 0 aliphatic carbocycles. The molecule has 0 fully saturated rings. The van der Waals surface area contributed by atoms with Crippen LogP contribution in [0.4, 0.5) is 0 Å². The van der Waals surface area contributed by atoms with Gasteiger partial charge in [-0.25, -0.2) is 18.6 Å². The van der Waals surface area contributed by atoms with E-state index in [1.54, 1.807) is 0 Å². The molecule has 0 saturated heterocycles. The Kier molecular flexibility index (Phi) is 8.64. The van der Waals surface area contributed by atoms with E-state index in [4.69, 9.17) is 18.6 Å². The topological polar surface area (TPSA) is 92.2 Å². The van der Waals surface area contributed by atoms with Crippen molar-refractivity contribution >= 4 is 0 Å². The van der Waals surface area contributed by atoms with Crippen molar-refractivity contribution in [2.75, 3.05) is 0 Å². The van der Waals surface area contributed by atoms with Crippen molar-refractivity contribution in [1.29, 1.82) is 0 Å². The maximum Gasteiger partial charge on any atom is 0.0839 e. The fourth-order valence-electron chi connectivity index (χ4n) is 3.58. The average molecular weight is 286 g/mol. The molecule has 0 saturated carbocycles. The van der Waals surface area contributed by atoms with Crippen molar-refractivity contribution in [3.05, 3.63) is 0 Å². The molecule has 0 N–H and O–H groups in total. The smallest absolute Gasteiger partial charge is 0.0839 e. The van der Waals surface area contributed by atoms with E-state index in [1.165, 1.54) is 4.48 Å². The molecule has 0 aromatic carbocycles. The van der Waals surface area contributed by atoms with Crippen molar-refractivity contribution < 1.29 is 33.4 Å². The molecule has 5 nitrogen and oxygen atoms in total. The van der Waals surface area contributed by atoms with Crippen LogP contribution in [0.15, 0.2) is 0 Å². The number of halogens is 1. The fraction of sp³-hybridized carbons (Fsp3) is 1.00. The lowest BCUT2D eigenvalue weighted by Crippen LogP contribution is -2.68. The van der Waals surface area contributed by atoms with Gasteiger partial charge in [0.1, 0.15) is 0 Å². The van der Waals surface area contributed by atoms with Crippen LogP contribution < -0.4 is 18.6 Å². The van der Waals surface area contributed by atoms with E-state index in [0.717, 1.165) is 0 Å². The third kappa shape index (κ3) is 6.31. The Hall–Kier alpha value is 0.0900.